The van der Waals surface area contributed by atoms with Gasteiger partial charge in [-0.3, -0.25) is 9.69 Å². The molecule has 0 heterocycles. The number of hydrogen-bond acceptors (Lipinski definition) is 4. The Hall–Kier alpha value is -2.03. The van der Waals surface area contributed by atoms with Crippen LogP contribution in [0.1, 0.15) is 12.0 Å². The van der Waals surface area contributed by atoms with Crippen LogP contribution in [0, 0.1) is 11.8 Å². The Morgan fingerprint density at radius 3 is 2.50 bits per heavy atom. The molecule has 0 aliphatic heterocycles. The number of carboxylic acids is 1. The number of carbonyl (C=O) groups is 1. The fourth-order valence-corrected chi connectivity index (χ4v) is 1.71. The number of carboxylic acid groups (broad SMARTS) is 1. The van der Waals surface area contributed by atoms with E-state index in [4.69, 9.17) is 5.11 Å². The highest BCUT2D eigenvalue weighted by Gasteiger charge is 2.13. The van der Waals surface area contributed by atoms with Gasteiger partial charge < -0.3 is 15.3 Å². The molecule has 0 saturated carbocycles. The first kappa shape index (κ1) is 16.0. The summed E-state index contributed by atoms with van der Waals surface area (Å²) >= 11 is 0. The maximum absolute atomic E-state index is 10.3. The number of aromatic hydroxyl groups is 1. The number of nitrogens with zero attached hydrogens (tertiary/aromatic N) is 1. The second-order valence-corrected chi connectivity index (χ2v) is 4.55. The van der Waals surface area contributed by atoms with Crippen molar-refractivity contribution in [3.05, 3.63) is 29.8 Å². The van der Waals surface area contributed by atoms with Gasteiger partial charge in [-0.05, 0) is 31.2 Å². The fourth-order valence-electron chi connectivity index (χ4n) is 1.71. The average Bonchev–Trinajstić information content (AvgIpc) is 2.42. The monoisotopic (exact) mass is 277 g/mol. The molecular formula is C15H19NO4. The van der Waals surface area contributed by atoms with E-state index in [2.05, 4.69) is 11.8 Å². The van der Waals surface area contributed by atoms with E-state index in [1.807, 2.05) is 24.1 Å². The summed E-state index contributed by atoms with van der Waals surface area (Å²) in [6, 6.07) is 6.73. The SMILES string of the molecule is CN(CC#CCC(=O)O)[C@H](CO)Cc1ccc(O)cc1. The Balaban J connectivity index is 2.53. The third-order valence-corrected chi connectivity index (χ3v) is 2.93. The number of likely N-dealkylation sites (N-methyl/N-ethyl adjacent to an activating group) is 1. The van der Waals surface area contributed by atoms with Crippen molar-refractivity contribution in [3.8, 4) is 17.6 Å². The molecular weight excluding hydrogens is 258 g/mol. The van der Waals surface area contributed by atoms with Gasteiger partial charge in [0.15, 0.2) is 0 Å². The molecule has 0 aliphatic rings. The summed E-state index contributed by atoms with van der Waals surface area (Å²) in [5, 5.41) is 27.1. The Kier molecular flexibility index (Phi) is 6.57. The molecule has 0 fully saturated rings. The lowest BCUT2D eigenvalue weighted by molar-refractivity contribution is -0.135. The maximum Gasteiger partial charge on any atom is 0.315 e. The summed E-state index contributed by atoms with van der Waals surface area (Å²) in [5.74, 6) is 4.60. The second kappa shape index (κ2) is 8.20. The van der Waals surface area contributed by atoms with Crippen molar-refractivity contribution in [3.63, 3.8) is 0 Å². The van der Waals surface area contributed by atoms with Crippen molar-refractivity contribution >= 4 is 5.97 Å². The summed E-state index contributed by atoms with van der Waals surface area (Å²) in [6.07, 6.45) is 0.462. The van der Waals surface area contributed by atoms with Crippen LogP contribution in [0.15, 0.2) is 24.3 Å². The number of hydrogen-bond donors (Lipinski definition) is 3. The maximum atomic E-state index is 10.3. The molecule has 1 aromatic rings. The molecule has 0 spiro atoms. The summed E-state index contributed by atoms with van der Waals surface area (Å²) < 4.78 is 0. The van der Waals surface area contributed by atoms with Gasteiger partial charge in [-0.15, -0.1) is 0 Å². The first-order valence-electron chi connectivity index (χ1n) is 6.29. The quantitative estimate of drug-likeness (QED) is 0.667. The van der Waals surface area contributed by atoms with Crippen LogP contribution in [0.2, 0.25) is 0 Å². The minimum absolute atomic E-state index is 0.0159. The number of rotatable bonds is 6. The predicted molar refractivity (Wildman–Crippen MR) is 75.3 cm³/mol. The minimum Gasteiger partial charge on any atom is -0.508 e. The fraction of sp³-hybridized carbons (Fsp3) is 0.400. The molecule has 0 bridgehead atoms. The van der Waals surface area contributed by atoms with Gasteiger partial charge in [0, 0.05) is 6.04 Å². The third kappa shape index (κ3) is 5.74. The van der Waals surface area contributed by atoms with E-state index >= 15 is 0 Å². The van der Waals surface area contributed by atoms with E-state index in [0.717, 1.165) is 5.56 Å². The lowest BCUT2D eigenvalue weighted by atomic mass is 10.1. The Morgan fingerprint density at radius 2 is 1.95 bits per heavy atom. The van der Waals surface area contributed by atoms with Crippen LogP contribution in [-0.2, 0) is 11.2 Å². The molecule has 0 radical (unpaired) electrons. The lowest BCUT2D eigenvalue weighted by Crippen LogP contribution is -2.36. The molecule has 0 aliphatic carbocycles. The van der Waals surface area contributed by atoms with Crippen LogP contribution in [-0.4, -0.2) is 52.4 Å². The van der Waals surface area contributed by atoms with E-state index in [0.29, 0.717) is 13.0 Å². The van der Waals surface area contributed by atoms with Gasteiger partial charge in [0.1, 0.15) is 12.2 Å². The minimum atomic E-state index is -0.942. The molecule has 5 heteroatoms. The highest BCUT2D eigenvalue weighted by atomic mass is 16.4. The van der Waals surface area contributed by atoms with E-state index in [-0.39, 0.29) is 24.8 Å². The van der Waals surface area contributed by atoms with Crippen LogP contribution in [0.5, 0.6) is 5.75 Å². The molecule has 0 amide bonds. The summed E-state index contributed by atoms with van der Waals surface area (Å²) in [5.41, 5.74) is 1.01. The zero-order valence-corrected chi connectivity index (χ0v) is 11.4. The Morgan fingerprint density at radius 1 is 1.30 bits per heavy atom. The number of benzene rings is 1. The van der Waals surface area contributed by atoms with Crippen LogP contribution >= 0.6 is 0 Å². The van der Waals surface area contributed by atoms with Gasteiger partial charge in [0.2, 0.25) is 0 Å². The van der Waals surface area contributed by atoms with Crippen molar-refractivity contribution in [2.75, 3.05) is 20.2 Å². The molecule has 5 nitrogen and oxygen atoms in total. The standard InChI is InChI=1S/C15H19NO4/c1-16(9-3-2-4-15(19)20)13(11-17)10-12-5-7-14(18)8-6-12/h5-8,13,17-18H,4,9-11H2,1H3,(H,19,20)/t13-/m0/s1. The Bertz CT molecular complexity index is 487. The number of phenols is 1. The number of aliphatic carboxylic acids is 1. The largest absolute Gasteiger partial charge is 0.508 e. The van der Waals surface area contributed by atoms with Crippen molar-refractivity contribution < 1.29 is 20.1 Å². The van der Waals surface area contributed by atoms with E-state index < -0.39 is 5.97 Å². The van der Waals surface area contributed by atoms with E-state index in [9.17, 15) is 15.0 Å². The zero-order chi connectivity index (χ0) is 15.0. The summed E-state index contributed by atoms with van der Waals surface area (Å²) in [7, 11) is 1.83. The molecule has 0 aromatic heterocycles. The van der Waals surface area contributed by atoms with Gasteiger partial charge in [-0.25, -0.2) is 0 Å². The summed E-state index contributed by atoms with van der Waals surface area (Å²) in [6.45, 7) is 0.384. The second-order valence-electron chi connectivity index (χ2n) is 4.55. The van der Waals surface area contributed by atoms with Crippen LogP contribution in [0.3, 0.4) is 0 Å². The van der Waals surface area contributed by atoms with Gasteiger partial charge in [0.05, 0.1) is 13.2 Å². The first-order valence-corrected chi connectivity index (χ1v) is 6.29. The third-order valence-electron chi connectivity index (χ3n) is 2.93. The molecule has 1 aromatic carbocycles. The van der Waals surface area contributed by atoms with Gasteiger partial charge in [0.25, 0.3) is 0 Å². The molecule has 0 unspecified atom stereocenters. The molecule has 1 rings (SSSR count). The van der Waals surface area contributed by atoms with Crippen LogP contribution in [0.4, 0.5) is 0 Å². The number of aliphatic hydroxyl groups is 1. The molecule has 1 atom stereocenters. The molecule has 0 saturated heterocycles. The lowest BCUT2D eigenvalue weighted by Gasteiger charge is -2.24. The predicted octanol–water partition coefficient (Wildman–Crippen LogP) is 0.705. The van der Waals surface area contributed by atoms with Crippen LogP contribution in [0.25, 0.3) is 0 Å². The van der Waals surface area contributed by atoms with E-state index in [1.165, 1.54) is 0 Å². The molecule has 20 heavy (non-hydrogen) atoms. The number of phenolic OH excluding ortho intramolecular Hbond substituents is 1. The van der Waals surface area contributed by atoms with E-state index in [1.54, 1.807) is 12.1 Å². The van der Waals surface area contributed by atoms with Crippen molar-refractivity contribution in [1.82, 2.24) is 4.90 Å². The van der Waals surface area contributed by atoms with Crippen LogP contribution < -0.4 is 0 Å². The molecule has 3 N–H and O–H groups in total. The molecule has 108 valence electrons. The highest BCUT2D eigenvalue weighted by molar-refractivity contribution is 5.69. The van der Waals surface area contributed by atoms with Gasteiger partial charge >= 0.3 is 5.97 Å². The smallest absolute Gasteiger partial charge is 0.315 e. The Labute approximate surface area is 118 Å². The van der Waals surface area contributed by atoms with Crippen molar-refractivity contribution in [2.24, 2.45) is 0 Å². The average molecular weight is 277 g/mol. The van der Waals surface area contributed by atoms with Gasteiger partial charge in [-0.1, -0.05) is 24.0 Å². The van der Waals surface area contributed by atoms with Gasteiger partial charge in [-0.2, -0.15) is 0 Å². The summed E-state index contributed by atoms with van der Waals surface area (Å²) in [4.78, 5) is 12.2. The zero-order valence-electron chi connectivity index (χ0n) is 11.4. The normalized spacial score (nSPS) is 11.8. The van der Waals surface area contributed by atoms with Crippen molar-refractivity contribution in [1.29, 1.82) is 0 Å². The highest BCUT2D eigenvalue weighted by Crippen LogP contribution is 2.12. The van der Waals surface area contributed by atoms with Crippen molar-refractivity contribution in [2.45, 2.75) is 18.9 Å². The number of aliphatic hydroxyl groups excluding tert-OH is 1. The topological polar surface area (TPSA) is 81.0 Å². The first-order chi connectivity index (χ1) is 9.52.